The molecule has 1 aromatic heterocycles. The van der Waals surface area contributed by atoms with Crippen molar-refractivity contribution in [3.8, 4) is 0 Å². The van der Waals surface area contributed by atoms with Gasteiger partial charge in [0.1, 0.15) is 18.2 Å². The molecule has 0 fully saturated rings. The number of carbonyl (C=O) groups is 2. The number of amides is 1. The molecule has 2 heterocycles. The van der Waals surface area contributed by atoms with Gasteiger partial charge in [0.25, 0.3) is 0 Å². The van der Waals surface area contributed by atoms with Crippen molar-refractivity contribution in [3.05, 3.63) is 79.5 Å². The molecule has 1 aliphatic heterocycles. The SMILES string of the molecule is COC(=O)Cn1c2c(sc1=O)C(c1ccc(F)c(Cl)c1)CC(=O)N2c1ccccc1. The molecule has 3 aromatic rings. The Morgan fingerprint density at radius 1 is 1.23 bits per heavy atom. The van der Waals surface area contributed by atoms with Crippen LogP contribution in [0.2, 0.25) is 5.02 Å². The normalized spacial score (nSPS) is 15.8. The van der Waals surface area contributed by atoms with Gasteiger partial charge in [-0.15, -0.1) is 0 Å². The molecule has 1 aliphatic rings. The molecule has 0 saturated heterocycles. The molecule has 2 aromatic carbocycles. The fourth-order valence-electron chi connectivity index (χ4n) is 3.52. The van der Waals surface area contributed by atoms with Crippen LogP contribution in [-0.4, -0.2) is 23.6 Å². The summed E-state index contributed by atoms with van der Waals surface area (Å²) in [5.41, 5.74) is 1.20. The largest absolute Gasteiger partial charge is 0.468 e. The van der Waals surface area contributed by atoms with Crippen LogP contribution in [0.25, 0.3) is 0 Å². The van der Waals surface area contributed by atoms with Crippen molar-refractivity contribution in [2.45, 2.75) is 18.9 Å². The minimum atomic E-state index is -0.606. The molecule has 1 atom stereocenters. The summed E-state index contributed by atoms with van der Waals surface area (Å²) in [5, 5.41) is -0.0617. The van der Waals surface area contributed by atoms with E-state index < -0.39 is 17.7 Å². The van der Waals surface area contributed by atoms with Gasteiger partial charge in [0, 0.05) is 12.3 Å². The Morgan fingerprint density at radius 3 is 2.63 bits per heavy atom. The summed E-state index contributed by atoms with van der Waals surface area (Å²) < 4.78 is 19.6. The van der Waals surface area contributed by atoms with Crippen LogP contribution in [0, 0.1) is 5.82 Å². The van der Waals surface area contributed by atoms with Gasteiger partial charge in [0.2, 0.25) is 5.91 Å². The van der Waals surface area contributed by atoms with Gasteiger partial charge in [0.05, 0.1) is 22.7 Å². The van der Waals surface area contributed by atoms with Crippen LogP contribution in [0.5, 0.6) is 0 Å². The quantitative estimate of drug-likeness (QED) is 0.566. The lowest BCUT2D eigenvalue weighted by Crippen LogP contribution is -2.36. The number of hydrogen-bond donors (Lipinski definition) is 0. The minimum absolute atomic E-state index is 0.0617. The van der Waals surface area contributed by atoms with E-state index in [1.54, 1.807) is 30.3 Å². The fourth-order valence-corrected chi connectivity index (χ4v) is 4.82. The average Bonchev–Trinajstić information content (AvgIpc) is 3.06. The Labute approximate surface area is 180 Å². The number of nitrogens with zero attached hydrogens (tertiary/aromatic N) is 2. The van der Waals surface area contributed by atoms with E-state index in [0.29, 0.717) is 21.9 Å². The van der Waals surface area contributed by atoms with Crippen molar-refractivity contribution < 1.29 is 18.7 Å². The first-order chi connectivity index (χ1) is 14.4. The number of anilines is 2. The summed E-state index contributed by atoms with van der Waals surface area (Å²) in [6.45, 7) is -0.325. The van der Waals surface area contributed by atoms with Crippen LogP contribution in [0.1, 0.15) is 22.8 Å². The van der Waals surface area contributed by atoms with E-state index in [9.17, 15) is 18.8 Å². The van der Waals surface area contributed by atoms with E-state index in [2.05, 4.69) is 0 Å². The van der Waals surface area contributed by atoms with Crippen LogP contribution < -0.4 is 9.77 Å². The van der Waals surface area contributed by atoms with Gasteiger partial charge in [-0.1, -0.05) is 47.2 Å². The van der Waals surface area contributed by atoms with E-state index in [-0.39, 0.29) is 28.8 Å². The summed E-state index contributed by atoms with van der Waals surface area (Å²) in [6.07, 6.45) is 0.0715. The minimum Gasteiger partial charge on any atom is -0.468 e. The number of carbonyl (C=O) groups excluding carboxylic acids is 2. The molecular weight excluding hydrogens is 431 g/mol. The highest BCUT2D eigenvalue weighted by Crippen LogP contribution is 2.45. The number of esters is 1. The smallest absolute Gasteiger partial charge is 0.325 e. The molecule has 0 radical (unpaired) electrons. The summed E-state index contributed by atoms with van der Waals surface area (Å²) in [7, 11) is 1.23. The number of aromatic nitrogens is 1. The van der Waals surface area contributed by atoms with Crippen molar-refractivity contribution in [1.29, 1.82) is 0 Å². The molecule has 4 rings (SSSR count). The summed E-state index contributed by atoms with van der Waals surface area (Å²) in [4.78, 5) is 39.6. The van der Waals surface area contributed by atoms with E-state index >= 15 is 0 Å². The number of benzene rings is 2. The maximum atomic E-state index is 13.7. The number of fused-ring (bicyclic) bond motifs is 1. The first-order valence-corrected chi connectivity index (χ1v) is 10.2. The topological polar surface area (TPSA) is 68.6 Å². The van der Waals surface area contributed by atoms with Crippen molar-refractivity contribution in [3.63, 3.8) is 0 Å². The third kappa shape index (κ3) is 3.53. The Bertz CT molecular complexity index is 1190. The van der Waals surface area contributed by atoms with Gasteiger partial charge in [-0.3, -0.25) is 23.9 Å². The molecule has 154 valence electrons. The molecule has 0 saturated carbocycles. The zero-order valence-electron chi connectivity index (χ0n) is 15.8. The van der Waals surface area contributed by atoms with Crippen molar-refractivity contribution >= 4 is 46.3 Å². The van der Waals surface area contributed by atoms with Crippen molar-refractivity contribution in [2.75, 3.05) is 12.0 Å². The van der Waals surface area contributed by atoms with Gasteiger partial charge in [-0.05, 0) is 29.8 Å². The second kappa shape index (κ2) is 8.04. The second-order valence-electron chi connectivity index (χ2n) is 6.71. The van der Waals surface area contributed by atoms with Gasteiger partial charge in [-0.2, -0.15) is 0 Å². The molecule has 0 N–H and O–H groups in total. The Kier molecular flexibility index (Phi) is 5.44. The standard InChI is InChI=1S/C21H16ClFN2O4S/c1-29-18(27)11-24-20-19(30-21(24)28)14(12-7-8-16(23)15(22)9-12)10-17(26)25(20)13-5-3-2-4-6-13/h2-9,14H,10-11H2,1H3. The zero-order valence-corrected chi connectivity index (χ0v) is 17.4. The zero-order chi connectivity index (χ0) is 21.4. The molecule has 6 nitrogen and oxygen atoms in total. The predicted octanol–water partition coefficient (Wildman–Crippen LogP) is 4.08. The van der Waals surface area contributed by atoms with E-state index in [1.165, 1.54) is 28.7 Å². The van der Waals surface area contributed by atoms with Crippen LogP contribution in [0.4, 0.5) is 15.9 Å². The third-order valence-corrected chi connectivity index (χ3v) is 6.30. The van der Waals surface area contributed by atoms with Crippen LogP contribution in [-0.2, 0) is 20.9 Å². The van der Waals surface area contributed by atoms with Crippen LogP contribution in [0.15, 0.2) is 53.3 Å². The lowest BCUT2D eigenvalue weighted by Gasteiger charge is -2.32. The van der Waals surface area contributed by atoms with Gasteiger partial charge in [0.15, 0.2) is 0 Å². The molecule has 0 spiro atoms. The summed E-state index contributed by atoms with van der Waals surface area (Å²) in [6, 6.07) is 13.1. The van der Waals surface area contributed by atoms with Gasteiger partial charge < -0.3 is 4.74 Å². The Hall–Kier alpha value is -2.97. The third-order valence-electron chi connectivity index (χ3n) is 4.93. The lowest BCUT2D eigenvalue weighted by molar-refractivity contribution is -0.141. The molecule has 30 heavy (non-hydrogen) atoms. The van der Waals surface area contributed by atoms with Crippen LogP contribution in [0.3, 0.4) is 0 Å². The highest BCUT2D eigenvalue weighted by Gasteiger charge is 2.38. The van der Waals surface area contributed by atoms with E-state index in [4.69, 9.17) is 16.3 Å². The molecule has 1 unspecified atom stereocenters. The monoisotopic (exact) mass is 446 g/mol. The Balaban J connectivity index is 1.92. The number of ether oxygens (including phenoxy) is 1. The molecule has 0 aliphatic carbocycles. The van der Waals surface area contributed by atoms with Gasteiger partial charge in [-0.25, -0.2) is 4.39 Å². The summed E-state index contributed by atoms with van der Waals surface area (Å²) in [5.74, 6) is -1.59. The van der Waals surface area contributed by atoms with E-state index in [1.807, 2.05) is 6.07 Å². The number of para-hydroxylation sites is 1. The summed E-state index contributed by atoms with van der Waals surface area (Å²) >= 11 is 6.90. The van der Waals surface area contributed by atoms with E-state index in [0.717, 1.165) is 11.3 Å². The number of methoxy groups -OCH3 is 1. The molecule has 9 heteroatoms. The fraction of sp³-hybridized carbons (Fsp3) is 0.190. The maximum Gasteiger partial charge on any atom is 0.325 e. The first kappa shape index (κ1) is 20.3. The maximum absolute atomic E-state index is 13.7. The van der Waals surface area contributed by atoms with Crippen LogP contribution >= 0.6 is 22.9 Å². The molecule has 0 bridgehead atoms. The van der Waals surface area contributed by atoms with Crippen molar-refractivity contribution in [1.82, 2.24) is 4.57 Å². The lowest BCUT2D eigenvalue weighted by atomic mass is 9.90. The first-order valence-electron chi connectivity index (χ1n) is 9.04. The Morgan fingerprint density at radius 2 is 1.97 bits per heavy atom. The van der Waals surface area contributed by atoms with Gasteiger partial charge >= 0.3 is 10.8 Å². The highest BCUT2D eigenvalue weighted by atomic mass is 35.5. The number of thiazole rings is 1. The number of halogens is 2. The van der Waals surface area contributed by atoms with Crippen molar-refractivity contribution in [2.24, 2.45) is 0 Å². The predicted molar refractivity (Wildman–Crippen MR) is 112 cm³/mol. The molecular formula is C21H16ClFN2O4S. The number of hydrogen-bond acceptors (Lipinski definition) is 5. The molecule has 1 amide bonds. The second-order valence-corrected chi connectivity index (χ2v) is 8.11. The number of rotatable bonds is 4. The highest BCUT2D eigenvalue weighted by molar-refractivity contribution is 7.10. The average molecular weight is 447 g/mol.